The van der Waals surface area contributed by atoms with Crippen molar-refractivity contribution in [2.24, 2.45) is 0 Å². The quantitative estimate of drug-likeness (QED) is 0.493. The standard InChI is InChI=1S/C23H19ClN4O/c1-15-3-7-17(8-4-15)22-26-21(23(29)25-19-11-5-16(2)6-12-19)27-28(22)20-13-9-18(24)10-14-20/h3-14H,1-2H3,(H,25,29). The van der Waals surface area contributed by atoms with Gasteiger partial charge >= 0.3 is 0 Å². The molecule has 144 valence electrons. The lowest BCUT2D eigenvalue weighted by Gasteiger charge is -2.06. The number of aryl methyl sites for hydroxylation is 2. The highest BCUT2D eigenvalue weighted by Crippen LogP contribution is 2.23. The van der Waals surface area contributed by atoms with E-state index in [0.717, 1.165) is 22.4 Å². The smallest absolute Gasteiger partial charge is 0.295 e. The molecule has 4 aromatic rings. The van der Waals surface area contributed by atoms with Crippen LogP contribution in [0.15, 0.2) is 72.8 Å². The number of anilines is 1. The van der Waals surface area contributed by atoms with Gasteiger partial charge in [0.1, 0.15) is 0 Å². The minimum atomic E-state index is -0.366. The summed E-state index contributed by atoms with van der Waals surface area (Å²) in [5.41, 5.74) is 4.60. The fraction of sp³-hybridized carbons (Fsp3) is 0.0870. The number of benzene rings is 3. The molecule has 6 heteroatoms. The highest BCUT2D eigenvalue weighted by Gasteiger charge is 2.19. The second-order valence-corrected chi connectivity index (χ2v) is 7.27. The number of hydrogen-bond donors (Lipinski definition) is 1. The van der Waals surface area contributed by atoms with E-state index in [1.807, 2.05) is 74.5 Å². The predicted molar refractivity (Wildman–Crippen MR) is 116 cm³/mol. The Hall–Kier alpha value is -3.44. The van der Waals surface area contributed by atoms with E-state index in [1.54, 1.807) is 16.8 Å². The largest absolute Gasteiger partial charge is 0.319 e. The van der Waals surface area contributed by atoms with E-state index in [-0.39, 0.29) is 11.7 Å². The van der Waals surface area contributed by atoms with Crippen molar-refractivity contribution in [2.45, 2.75) is 13.8 Å². The van der Waals surface area contributed by atoms with Crippen LogP contribution >= 0.6 is 11.6 Å². The molecule has 0 fully saturated rings. The number of aromatic nitrogens is 3. The van der Waals surface area contributed by atoms with Gasteiger partial charge in [-0.25, -0.2) is 9.67 Å². The molecule has 3 aromatic carbocycles. The van der Waals surface area contributed by atoms with Crippen LogP contribution in [0.4, 0.5) is 5.69 Å². The maximum Gasteiger partial charge on any atom is 0.295 e. The van der Waals surface area contributed by atoms with Crippen LogP contribution in [0, 0.1) is 13.8 Å². The first-order valence-electron chi connectivity index (χ1n) is 9.18. The topological polar surface area (TPSA) is 59.8 Å². The van der Waals surface area contributed by atoms with Crippen molar-refractivity contribution in [3.63, 3.8) is 0 Å². The average Bonchev–Trinajstić information content (AvgIpc) is 3.16. The Labute approximate surface area is 174 Å². The normalized spacial score (nSPS) is 10.7. The van der Waals surface area contributed by atoms with Gasteiger partial charge in [0, 0.05) is 16.3 Å². The van der Waals surface area contributed by atoms with Crippen molar-refractivity contribution < 1.29 is 4.79 Å². The Morgan fingerprint density at radius 3 is 2.07 bits per heavy atom. The predicted octanol–water partition coefficient (Wildman–Crippen LogP) is 5.46. The molecule has 0 unspecified atom stereocenters. The van der Waals surface area contributed by atoms with Gasteiger partial charge in [0.25, 0.3) is 5.91 Å². The van der Waals surface area contributed by atoms with Crippen molar-refractivity contribution in [1.82, 2.24) is 14.8 Å². The molecule has 0 radical (unpaired) electrons. The fourth-order valence-corrected chi connectivity index (χ4v) is 3.01. The highest BCUT2D eigenvalue weighted by atomic mass is 35.5. The summed E-state index contributed by atoms with van der Waals surface area (Å²) in [5.74, 6) is 0.312. The highest BCUT2D eigenvalue weighted by molar-refractivity contribution is 6.30. The van der Waals surface area contributed by atoms with E-state index < -0.39 is 0 Å². The van der Waals surface area contributed by atoms with Gasteiger partial charge in [0.2, 0.25) is 5.82 Å². The average molecular weight is 403 g/mol. The zero-order valence-corrected chi connectivity index (χ0v) is 16.8. The van der Waals surface area contributed by atoms with Gasteiger partial charge in [-0.05, 0) is 50.2 Å². The Bertz CT molecular complexity index is 1080. The maximum absolute atomic E-state index is 12.8. The summed E-state index contributed by atoms with van der Waals surface area (Å²) >= 11 is 6.02. The molecular formula is C23H19ClN4O. The van der Waals surface area contributed by atoms with E-state index in [2.05, 4.69) is 15.4 Å². The van der Waals surface area contributed by atoms with E-state index in [1.165, 1.54) is 0 Å². The summed E-state index contributed by atoms with van der Waals surface area (Å²) in [6.07, 6.45) is 0. The lowest BCUT2D eigenvalue weighted by molar-refractivity contribution is 0.101. The monoisotopic (exact) mass is 402 g/mol. The molecule has 1 amide bonds. The minimum absolute atomic E-state index is 0.0936. The van der Waals surface area contributed by atoms with Gasteiger partial charge in [0.15, 0.2) is 5.82 Å². The molecule has 0 saturated heterocycles. The minimum Gasteiger partial charge on any atom is -0.319 e. The molecule has 0 spiro atoms. The summed E-state index contributed by atoms with van der Waals surface area (Å²) in [7, 11) is 0. The first kappa shape index (κ1) is 18.9. The fourth-order valence-electron chi connectivity index (χ4n) is 2.88. The molecule has 4 rings (SSSR count). The molecular weight excluding hydrogens is 384 g/mol. The van der Waals surface area contributed by atoms with Crippen molar-refractivity contribution in [2.75, 3.05) is 5.32 Å². The molecule has 0 bridgehead atoms. The third kappa shape index (κ3) is 4.20. The SMILES string of the molecule is Cc1ccc(NC(=O)c2nc(-c3ccc(C)cc3)n(-c3ccc(Cl)cc3)n2)cc1. The van der Waals surface area contributed by atoms with E-state index >= 15 is 0 Å². The van der Waals surface area contributed by atoms with Crippen molar-refractivity contribution in [3.8, 4) is 17.1 Å². The second-order valence-electron chi connectivity index (χ2n) is 6.83. The molecule has 1 N–H and O–H groups in total. The summed E-state index contributed by atoms with van der Waals surface area (Å²) in [6.45, 7) is 4.02. The summed E-state index contributed by atoms with van der Waals surface area (Å²) in [6, 6.07) is 22.8. The molecule has 1 heterocycles. The molecule has 0 aliphatic heterocycles. The second kappa shape index (κ2) is 7.89. The van der Waals surface area contributed by atoms with Crippen LogP contribution in [-0.2, 0) is 0 Å². The van der Waals surface area contributed by atoms with Crippen molar-refractivity contribution >= 4 is 23.2 Å². The van der Waals surface area contributed by atoms with Gasteiger partial charge in [-0.3, -0.25) is 4.79 Å². The number of nitrogens with one attached hydrogen (secondary N) is 1. The Balaban J connectivity index is 1.74. The first-order chi connectivity index (χ1) is 14.0. The van der Waals surface area contributed by atoms with Crippen LogP contribution in [0.25, 0.3) is 17.1 Å². The summed E-state index contributed by atoms with van der Waals surface area (Å²) < 4.78 is 1.66. The number of amides is 1. The molecule has 5 nitrogen and oxygen atoms in total. The van der Waals surface area contributed by atoms with Crippen molar-refractivity contribution in [1.29, 1.82) is 0 Å². The van der Waals surface area contributed by atoms with Crippen molar-refractivity contribution in [3.05, 3.63) is 94.8 Å². The van der Waals surface area contributed by atoms with Crippen LogP contribution in [0.2, 0.25) is 5.02 Å². The summed E-state index contributed by atoms with van der Waals surface area (Å²) in [4.78, 5) is 17.3. The van der Waals surface area contributed by atoms with Gasteiger partial charge < -0.3 is 5.32 Å². The zero-order valence-electron chi connectivity index (χ0n) is 16.1. The van der Waals surface area contributed by atoms with Gasteiger partial charge in [-0.15, -0.1) is 5.10 Å². The number of hydrogen-bond acceptors (Lipinski definition) is 3. The Morgan fingerprint density at radius 1 is 0.862 bits per heavy atom. The lowest BCUT2D eigenvalue weighted by Crippen LogP contribution is -2.14. The van der Waals surface area contributed by atoms with Gasteiger partial charge in [0.05, 0.1) is 5.69 Å². The third-order valence-electron chi connectivity index (χ3n) is 4.50. The third-order valence-corrected chi connectivity index (χ3v) is 4.75. The first-order valence-corrected chi connectivity index (χ1v) is 9.55. The number of rotatable bonds is 4. The number of nitrogens with zero attached hydrogens (tertiary/aromatic N) is 3. The lowest BCUT2D eigenvalue weighted by atomic mass is 10.1. The molecule has 0 saturated carbocycles. The van der Waals surface area contributed by atoms with Crippen LogP contribution < -0.4 is 5.32 Å². The Morgan fingerprint density at radius 2 is 1.45 bits per heavy atom. The number of carbonyl (C=O) groups excluding carboxylic acids is 1. The van der Waals surface area contributed by atoms with E-state index in [9.17, 15) is 4.79 Å². The maximum atomic E-state index is 12.8. The van der Waals surface area contributed by atoms with Gasteiger partial charge in [-0.2, -0.15) is 0 Å². The molecule has 0 aliphatic carbocycles. The molecule has 0 aliphatic rings. The number of halogens is 1. The molecule has 0 atom stereocenters. The van der Waals surface area contributed by atoms with E-state index in [4.69, 9.17) is 11.6 Å². The van der Waals surface area contributed by atoms with Crippen LogP contribution in [0.5, 0.6) is 0 Å². The van der Waals surface area contributed by atoms with E-state index in [0.29, 0.717) is 16.5 Å². The molecule has 29 heavy (non-hydrogen) atoms. The van der Waals surface area contributed by atoms with Crippen LogP contribution in [0.1, 0.15) is 21.7 Å². The van der Waals surface area contributed by atoms with Crippen LogP contribution in [-0.4, -0.2) is 20.7 Å². The number of carbonyl (C=O) groups is 1. The Kier molecular flexibility index (Phi) is 5.14. The van der Waals surface area contributed by atoms with Crippen LogP contribution in [0.3, 0.4) is 0 Å². The summed E-state index contributed by atoms with van der Waals surface area (Å²) in [5, 5.41) is 7.95. The molecule has 1 aromatic heterocycles. The zero-order chi connectivity index (χ0) is 20.4. The van der Waals surface area contributed by atoms with Gasteiger partial charge in [-0.1, -0.05) is 59.1 Å².